The lowest BCUT2D eigenvalue weighted by molar-refractivity contribution is -0.0147. The Hall–Kier alpha value is -0.0400. The van der Waals surface area contributed by atoms with Crippen LogP contribution >= 0.6 is 0 Å². The van der Waals surface area contributed by atoms with Gasteiger partial charge >= 0.3 is 0 Å². The second-order valence-corrected chi connectivity index (χ2v) is 4.46. The van der Waals surface area contributed by atoms with Crippen molar-refractivity contribution in [3.05, 3.63) is 0 Å². The molecular weight excluding hydrogens is 146 g/mol. The van der Waals surface area contributed by atoms with Gasteiger partial charge in [-0.3, -0.25) is 4.90 Å². The molecule has 0 spiro atoms. The van der Waals surface area contributed by atoms with Crippen LogP contribution in [0.2, 0.25) is 0 Å². The molecule has 0 amide bonds. The highest BCUT2D eigenvalue weighted by molar-refractivity contribution is 4.93. The average Bonchev–Trinajstić information content (AvgIpc) is 2.07. The zero-order valence-corrected chi connectivity index (χ0v) is 8.26. The summed E-state index contributed by atoms with van der Waals surface area (Å²) in [4.78, 5) is 2.72. The fourth-order valence-electron chi connectivity index (χ4n) is 2.80. The maximum Gasteiger partial charge on any atom is 0.0136 e. The van der Waals surface area contributed by atoms with E-state index in [-0.39, 0.29) is 0 Å². The Morgan fingerprint density at radius 1 is 1.25 bits per heavy atom. The SMILES string of the molecule is CCCCN1CC2CCCCC21. The van der Waals surface area contributed by atoms with Gasteiger partial charge in [0, 0.05) is 12.6 Å². The molecule has 2 aliphatic rings. The number of likely N-dealkylation sites (tertiary alicyclic amines) is 1. The Bertz CT molecular complexity index is 142. The van der Waals surface area contributed by atoms with Crippen LogP contribution in [-0.4, -0.2) is 24.0 Å². The Kier molecular flexibility index (Phi) is 2.69. The summed E-state index contributed by atoms with van der Waals surface area (Å²) in [6.45, 7) is 5.08. The molecule has 0 bridgehead atoms. The molecular formula is C11H21N. The van der Waals surface area contributed by atoms with Crippen LogP contribution in [0.5, 0.6) is 0 Å². The van der Waals surface area contributed by atoms with Gasteiger partial charge in [0.2, 0.25) is 0 Å². The third-order valence-electron chi connectivity index (χ3n) is 3.61. The van der Waals surface area contributed by atoms with Crippen LogP contribution < -0.4 is 0 Å². The smallest absolute Gasteiger partial charge is 0.0136 e. The highest BCUT2D eigenvalue weighted by atomic mass is 15.2. The topological polar surface area (TPSA) is 3.24 Å². The first-order valence-corrected chi connectivity index (χ1v) is 5.66. The van der Waals surface area contributed by atoms with E-state index >= 15 is 0 Å². The van der Waals surface area contributed by atoms with E-state index in [1.807, 2.05) is 0 Å². The molecule has 70 valence electrons. The Morgan fingerprint density at radius 3 is 2.83 bits per heavy atom. The molecule has 1 saturated heterocycles. The van der Waals surface area contributed by atoms with Gasteiger partial charge < -0.3 is 0 Å². The summed E-state index contributed by atoms with van der Waals surface area (Å²) >= 11 is 0. The van der Waals surface area contributed by atoms with E-state index in [9.17, 15) is 0 Å². The summed E-state index contributed by atoms with van der Waals surface area (Å²) in [6.07, 6.45) is 8.77. The third kappa shape index (κ3) is 1.52. The van der Waals surface area contributed by atoms with Crippen molar-refractivity contribution in [2.75, 3.05) is 13.1 Å². The molecule has 2 rings (SSSR count). The Morgan fingerprint density at radius 2 is 2.08 bits per heavy atom. The number of hydrogen-bond donors (Lipinski definition) is 0. The van der Waals surface area contributed by atoms with Crippen molar-refractivity contribution in [3.8, 4) is 0 Å². The lowest BCUT2D eigenvalue weighted by Gasteiger charge is -2.51. The van der Waals surface area contributed by atoms with Crippen molar-refractivity contribution in [2.24, 2.45) is 5.92 Å². The molecule has 1 nitrogen and oxygen atoms in total. The van der Waals surface area contributed by atoms with Crippen LogP contribution in [0.4, 0.5) is 0 Å². The minimum absolute atomic E-state index is 1.00. The number of nitrogens with zero attached hydrogens (tertiary/aromatic N) is 1. The van der Waals surface area contributed by atoms with E-state index in [0.29, 0.717) is 0 Å². The standard InChI is InChI=1S/C11H21N/c1-2-3-8-12-9-10-6-4-5-7-11(10)12/h10-11H,2-9H2,1H3. The Labute approximate surface area is 76.1 Å². The predicted molar refractivity (Wildman–Crippen MR) is 52.2 cm³/mol. The van der Waals surface area contributed by atoms with Gasteiger partial charge in [-0.05, 0) is 31.7 Å². The van der Waals surface area contributed by atoms with Gasteiger partial charge in [0.25, 0.3) is 0 Å². The first kappa shape index (κ1) is 8.55. The molecule has 12 heavy (non-hydrogen) atoms. The maximum atomic E-state index is 2.72. The molecule has 1 heterocycles. The van der Waals surface area contributed by atoms with Crippen LogP contribution in [0, 0.1) is 5.92 Å². The fraction of sp³-hybridized carbons (Fsp3) is 1.00. The van der Waals surface area contributed by atoms with Gasteiger partial charge in [0.1, 0.15) is 0 Å². The molecule has 0 N–H and O–H groups in total. The van der Waals surface area contributed by atoms with Crippen molar-refractivity contribution in [3.63, 3.8) is 0 Å². The second kappa shape index (κ2) is 3.78. The van der Waals surface area contributed by atoms with E-state index in [0.717, 1.165) is 12.0 Å². The minimum atomic E-state index is 1.00. The molecule has 0 aromatic rings. The lowest BCUT2D eigenvalue weighted by atomic mass is 9.77. The molecule has 0 aromatic heterocycles. The molecule has 2 atom stereocenters. The van der Waals surface area contributed by atoms with Gasteiger partial charge in [-0.15, -0.1) is 0 Å². The van der Waals surface area contributed by atoms with Crippen LogP contribution in [0.15, 0.2) is 0 Å². The van der Waals surface area contributed by atoms with E-state index < -0.39 is 0 Å². The van der Waals surface area contributed by atoms with Gasteiger partial charge in [-0.25, -0.2) is 0 Å². The monoisotopic (exact) mass is 167 g/mol. The molecule has 1 aliphatic heterocycles. The van der Waals surface area contributed by atoms with Crippen LogP contribution in [-0.2, 0) is 0 Å². The molecule has 1 heteroatoms. The normalized spacial score (nSPS) is 35.8. The third-order valence-corrected chi connectivity index (χ3v) is 3.61. The highest BCUT2D eigenvalue weighted by Crippen LogP contribution is 2.36. The molecule has 2 unspecified atom stereocenters. The van der Waals surface area contributed by atoms with Crippen molar-refractivity contribution in [1.29, 1.82) is 0 Å². The van der Waals surface area contributed by atoms with Crippen molar-refractivity contribution in [1.82, 2.24) is 4.90 Å². The van der Waals surface area contributed by atoms with E-state index in [4.69, 9.17) is 0 Å². The fourth-order valence-corrected chi connectivity index (χ4v) is 2.80. The number of unbranched alkanes of at least 4 members (excludes halogenated alkanes) is 1. The van der Waals surface area contributed by atoms with Gasteiger partial charge in [0.15, 0.2) is 0 Å². The predicted octanol–water partition coefficient (Wildman–Crippen LogP) is 2.66. The zero-order chi connectivity index (χ0) is 8.39. The molecule has 0 radical (unpaired) electrons. The lowest BCUT2D eigenvalue weighted by Crippen LogP contribution is -2.57. The first-order chi connectivity index (χ1) is 5.92. The second-order valence-electron chi connectivity index (χ2n) is 4.46. The summed E-state index contributed by atoms with van der Waals surface area (Å²) in [6, 6.07) is 1.00. The van der Waals surface area contributed by atoms with Crippen molar-refractivity contribution < 1.29 is 0 Å². The van der Waals surface area contributed by atoms with Crippen molar-refractivity contribution in [2.45, 2.75) is 51.5 Å². The number of hydrogen-bond acceptors (Lipinski definition) is 1. The molecule has 1 aliphatic carbocycles. The highest BCUT2D eigenvalue weighted by Gasteiger charge is 2.38. The summed E-state index contributed by atoms with van der Waals surface area (Å²) in [5.74, 6) is 1.09. The van der Waals surface area contributed by atoms with E-state index in [2.05, 4.69) is 11.8 Å². The Balaban J connectivity index is 1.73. The zero-order valence-electron chi connectivity index (χ0n) is 8.26. The van der Waals surface area contributed by atoms with Gasteiger partial charge in [-0.2, -0.15) is 0 Å². The quantitative estimate of drug-likeness (QED) is 0.624. The van der Waals surface area contributed by atoms with Crippen LogP contribution in [0.3, 0.4) is 0 Å². The molecule has 2 fully saturated rings. The molecule has 1 saturated carbocycles. The summed E-state index contributed by atoms with van der Waals surface area (Å²) < 4.78 is 0. The first-order valence-electron chi connectivity index (χ1n) is 5.66. The minimum Gasteiger partial charge on any atom is -0.300 e. The van der Waals surface area contributed by atoms with E-state index in [1.54, 1.807) is 0 Å². The number of rotatable bonds is 3. The summed E-state index contributed by atoms with van der Waals surface area (Å²) in [5, 5.41) is 0. The van der Waals surface area contributed by atoms with E-state index in [1.165, 1.54) is 51.6 Å². The summed E-state index contributed by atoms with van der Waals surface area (Å²) in [5.41, 5.74) is 0. The summed E-state index contributed by atoms with van der Waals surface area (Å²) in [7, 11) is 0. The van der Waals surface area contributed by atoms with Gasteiger partial charge in [0.05, 0.1) is 0 Å². The number of fused-ring (bicyclic) bond motifs is 1. The molecule has 0 aromatic carbocycles. The van der Waals surface area contributed by atoms with Crippen LogP contribution in [0.25, 0.3) is 0 Å². The average molecular weight is 167 g/mol. The largest absolute Gasteiger partial charge is 0.300 e. The van der Waals surface area contributed by atoms with Crippen molar-refractivity contribution >= 4 is 0 Å². The maximum absolute atomic E-state index is 2.72. The van der Waals surface area contributed by atoms with Crippen LogP contribution in [0.1, 0.15) is 45.4 Å². The van der Waals surface area contributed by atoms with Gasteiger partial charge in [-0.1, -0.05) is 26.2 Å².